The van der Waals surface area contributed by atoms with Crippen molar-refractivity contribution in [1.82, 2.24) is 25.3 Å². The predicted octanol–water partition coefficient (Wildman–Crippen LogP) is 2.97. The van der Waals surface area contributed by atoms with Gasteiger partial charge in [-0.1, -0.05) is 31.2 Å². The molecule has 1 aromatic carbocycles. The van der Waals surface area contributed by atoms with Crippen molar-refractivity contribution < 1.29 is 0 Å². The monoisotopic (exact) mass is 410 g/mol. The first kappa shape index (κ1) is 22.3. The Morgan fingerprint density at radius 1 is 1.23 bits per heavy atom. The van der Waals surface area contributed by atoms with Gasteiger partial charge in [-0.2, -0.15) is 5.10 Å². The minimum atomic E-state index is 0.278. The van der Waals surface area contributed by atoms with Crippen molar-refractivity contribution in [2.24, 2.45) is 12.0 Å². The van der Waals surface area contributed by atoms with E-state index in [2.05, 4.69) is 77.6 Å². The lowest BCUT2D eigenvalue weighted by Gasteiger charge is -2.35. The number of hydrogen-bond acceptors (Lipinski definition) is 3. The van der Waals surface area contributed by atoms with E-state index in [1.54, 1.807) is 0 Å². The maximum absolute atomic E-state index is 4.54. The average molecular weight is 411 g/mol. The van der Waals surface area contributed by atoms with E-state index < -0.39 is 0 Å². The molecule has 0 bridgehead atoms. The quantitative estimate of drug-likeness (QED) is 0.544. The maximum atomic E-state index is 4.54. The van der Waals surface area contributed by atoms with Crippen molar-refractivity contribution in [2.45, 2.75) is 65.6 Å². The van der Waals surface area contributed by atoms with E-state index in [0.29, 0.717) is 6.04 Å². The smallest absolute Gasteiger partial charge is 0.191 e. The van der Waals surface area contributed by atoms with E-state index in [1.165, 1.54) is 22.4 Å². The van der Waals surface area contributed by atoms with Gasteiger partial charge in [0.2, 0.25) is 0 Å². The highest BCUT2D eigenvalue weighted by Crippen LogP contribution is 2.21. The first-order valence-corrected chi connectivity index (χ1v) is 11.2. The molecule has 0 saturated carbocycles. The molecule has 0 saturated heterocycles. The Kier molecular flexibility index (Phi) is 7.53. The van der Waals surface area contributed by atoms with Crippen molar-refractivity contribution in [1.29, 1.82) is 0 Å². The van der Waals surface area contributed by atoms with Crippen LogP contribution in [0.25, 0.3) is 0 Å². The summed E-state index contributed by atoms with van der Waals surface area (Å²) in [4.78, 5) is 7.07. The van der Waals surface area contributed by atoms with E-state index in [9.17, 15) is 0 Å². The summed E-state index contributed by atoms with van der Waals surface area (Å²) < 4.78 is 1.97. The summed E-state index contributed by atoms with van der Waals surface area (Å²) in [6.07, 6.45) is 3.20. The van der Waals surface area contributed by atoms with Crippen molar-refractivity contribution in [3.8, 4) is 0 Å². The first-order chi connectivity index (χ1) is 14.4. The van der Waals surface area contributed by atoms with Crippen LogP contribution >= 0.6 is 0 Å². The molecule has 0 fully saturated rings. The zero-order valence-electron chi connectivity index (χ0n) is 19.5. The number of hydrogen-bond donors (Lipinski definition) is 2. The molecule has 0 aliphatic carbocycles. The lowest BCUT2D eigenvalue weighted by atomic mass is 9.98. The highest BCUT2D eigenvalue weighted by Gasteiger charge is 2.22. The molecule has 2 N–H and O–H groups in total. The Morgan fingerprint density at radius 2 is 1.97 bits per heavy atom. The van der Waals surface area contributed by atoms with Gasteiger partial charge in [-0.05, 0) is 56.7 Å². The van der Waals surface area contributed by atoms with Gasteiger partial charge >= 0.3 is 0 Å². The molecule has 3 rings (SSSR count). The highest BCUT2D eigenvalue weighted by molar-refractivity contribution is 5.80. The molecule has 0 radical (unpaired) electrons. The van der Waals surface area contributed by atoms with E-state index >= 15 is 0 Å². The largest absolute Gasteiger partial charge is 0.355 e. The van der Waals surface area contributed by atoms with Gasteiger partial charge in [-0.25, -0.2) is 0 Å². The molecule has 1 aliphatic rings. The van der Waals surface area contributed by atoms with E-state index in [1.807, 2.05) is 18.8 Å². The molecule has 1 aromatic heterocycles. The van der Waals surface area contributed by atoms with Crippen molar-refractivity contribution in [2.75, 3.05) is 20.1 Å². The standard InChI is InChI=1S/C24H38N6/c1-7-22(30-13-12-20-10-8-9-11-21(20)16-30)15-26-24(25-5)27-17(2)14-23-18(3)28-29(6)19(23)4/h8-11,17,22H,7,12-16H2,1-6H3,(H2,25,26,27). The van der Waals surface area contributed by atoms with Gasteiger partial charge in [0, 0.05) is 51.5 Å². The predicted molar refractivity (Wildman–Crippen MR) is 125 cm³/mol. The van der Waals surface area contributed by atoms with Crippen LogP contribution in [-0.2, 0) is 26.4 Å². The second-order valence-corrected chi connectivity index (χ2v) is 8.53. The second kappa shape index (κ2) is 10.1. The Bertz CT molecular complexity index is 869. The summed E-state index contributed by atoms with van der Waals surface area (Å²) in [6, 6.07) is 9.62. The van der Waals surface area contributed by atoms with E-state index in [0.717, 1.165) is 50.6 Å². The highest BCUT2D eigenvalue weighted by atomic mass is 15.3. The third kappa shape index (κ3) is 5.22. The number of aliphatic imine (C=N–C) groups is 1. The van der Waals surface area contributed by atoms with Crippen LogP contribution in [0, 0.1) is 13.8 Å². The van der Waals surface area contributed by atoms with Crippen LogP contribution in [0.4, 0.5) is 0 Å². The van der Waals surface area contributed by atoms with E-state index in [-0.39, 0.29) is 6.04 Å². The normalized spacial score (nSPS) is 16.8. The summed E-state index contributed by atoms with van der Waals surface area (Å²) in [7, 11) is 3.86. The summed E-state index contributed by atoms with van der Waals surface area (Å²) in [5.74, 6) is 0.873. The summed E-state index contributed by atoms with van der Waals surface area (Å²) in [5.41, 5.74) is 6.65. The SMILES string of the molecule is CCC(CNC(=NC)NC(C)Cc1c(C)nn(C)c1C)N1CCc2ccccc2C1. The topological polar surface area (TPSA) is 57.5 Å². The Labute approximate surface area is 181 Å². The van der Waals surface area contributed by atoms with Crippen LogP contribution in [0.3, 0.4) is 0 Å². The molecule has 0 spiro atoms. The average Bonchev–Trinajstić information content (AvgIpc) is 2.99. The Morgan fingerprint density at radius 3 is 2.60 bits per heavy atom. The van der Waals surface area contributed by atoms with Gasteiger partial charge < -0.3 is 10.6 Å². The van der Waals surface area contributed by atoms with Crippen LogP contribution < -0.4 is 10.6 Å². The van der Waals surface area contributed by atoms with Gasteiger partial charge in [0.15, 0.2) is 5.96 Å². The molecule has 2 aromatic rings. The molecule has 0 amide bonds. The fourth-order valence-electron chi connectivity index (χ4n) is 4.47. The summed E-state index contributed by atoms with van der Waals surface area (Å²) >= 11 is 0. The Balaban J connectivity index is 1.54. The second-order valence-electron chi connectivity index (χ2n) is 8.53. The molecular weight excluding hydrogens is 372 g/mol. The van der Waals surface area contributed by atoms with Crippen molar-refractivity contribution >= 4 is 5.96 Å². The van der Waals surface area contributed by atoms with Crippen LogP contribution in [0.2, 0.25) is 0 Å². The van der Waals surface area contributed by atoms with Gasteiger partial charge in [0.05, 0.1) is 5.69 Å². The van der Waals surface area contributed by atoms with Gasteiger partial charge in [-0.3, -0.25) is 14.6 Å². The maximum Gasteiger partial charge on any atom is 0.191 e. The van der Waals surface area contributed by atoms with Crippen LogP contribution in [-0.4, -0.2) is 52.9 Å². The summed E-state index contributed by atoms with van der Waals surface area (Å²) in [5, 5.41) is 11.7. The fraction of sp³-hybridized carbons (Fsp3) is 0.583. The number of aromatic nitrogens is 2. The molecule has 30 heavy (non-hydrogen) atoms. The molecule has 2 heterocycles. The molecule has 1 aliphatic heterocycles. The number of nitrogens with one attached hydrogen (secondary N) is 2. The molecule has 2 atom stereocenters. The minimum absolute atomic E-state index is 0.278. The van der Waals surface area contributed by atoms with Gasteiger partial charge in [0.25, 0.3) is 0 Å². The minimum Gasteiger partial charge on any atom is -0.355 e. The van der Waals surface area contributed by atoms with Crippen LogP contribution in [0.1, 0.15) is 48.3 Å². The lowest BCUT2D eigenvalue weighted by Crippen LogP contribution is -2.50. The zero-order chi connectivity index (χ0) is 21.7. The number of rotatable bonds is 7. The number of aryl methyl sites for hydroxylation is 2. The van der Waals surface area contributed by atoms with Crippen LogP contribution in [0.5, 0.6) is 0 Å². The molecule has 2 unspecified atom stereocenters. The molecule has 6 heteroatoms. The third-order valence-electron chi connectivity index (χ3n) is 6.43. The van der Waals surface area contributed by atoms with Crippen LogP contribution in [0.15, 0.2) is 29.3 Å². The van der Waals surface area contributed by atoms with Gasteiger partial charge in [-0.15, -0.1) is 0 Å². The lowest BCUT2D eigenvalue weighted by molar-refractivity contribution is 0.174. The summed E-state index contributed by atoms with van der Waals surface area (Å²) in [6.45, 7) is 11.8. The number of nitrogens with zero attached hydrogens (tertiary/aromatic N) is 4. The molecular formula is C24H38N6. The Hall–Kier alpha value is -2.34. The van der Waals surface area contributed by atoms with E-state index in [4.69, 9.17) is 0 Å². The first-order valence-electron chi connectivity index (χ1n) is 11.2. The molecule has 164 valence electrons. The van der Waals surface area contributed by atoms with Gasteiger partial charge in [0.1, 0.15) is 0 Å². The number of guanidine groups is 1. The fourth-order valence-corrected chi connectivity index (χ4v) is 4.47. The van der Waals surface area contributed by atoms with Crippen molar-refractivity contribution in [3.63, 3.8) is 0 Å². The number of fused-ring (bicyclic) bond motifs is 1. The third-order valence-corrected chi connectivity index (χ3v) is 6.43. The number of benzene rings is 1. The van der Waals surface area contributed by atoms with Crippen molar-refractivity contribution in [3.05, 3.63) is 52.3 Å². The molecule has 6 nitrogen and oxygen atoms in total. The zero-order valence-corrected chi connectivity index (χ0v) is 19.5.